The van der Waals surface area contributed by atoms with E-state index in [0.29, 0.717) is 0 Å². The molecule has 0 aliphatic heterocycles. The maximum absolute atomic E-state index is 8.59. The fourth-order valence-electron chi connectivity index (χ4n) is 1.84. The minimum Gasteiger partial charge on any atom is -0.382 e. The molecule has 19 heavy (non-hydrogen) atoms. The molecule has 4 nitrogen and oxygen atoms in total. The summed E-state index contributed by atoms with van der Waals surface area (Å²) in [5.74, 6) is 0. The van der Waals surface area contributed by atoms with E-state index < -0.39 is 11.0 Å². The number of rotatable bonds is 12. The van der Waals surface area contributed by atoms with Crippen LogP contribution in [0.15, 0.2) is 0 Å². The van der Waals surface area contributed by atoms with Gasteiger partial charge in [-0.25, -0.2) is 8.42 Å². The highest BCUT2D eigenvalue weighted by Crippen LogP contribution is 2.10. The average Bonchev–Trinajstić information content (AvgIpc) is 2.35. The molecule has 0 atom stereocenters. The van der Waals surface area contributed by atoms with E-state index in [9.17, 15) is 0 Å². The fourth-order valence-corrected chi connectivity index (χ4v) is 1.84. The van der Waals surface area contributed by atoms with Crippen LogP contribution in [0.1, 0.15) is 78.1 Å². The Hall–Kier alpha value is -0.130. The first-order valence-electron chi connectivity index (χ1n) is 7.56. The molecule has 0 rings (SSSR count). The predicted molar refractivity (Wildman–Crippen MR) is 81.3 cm³/mol. The van der Waals surface area contributed by atoms with Gasteiger partial charge < -0.3 is 4.74 Å². The molecule has 1 N–H and O–H groups in total. The van der Waals surface area contributed by atoms with Crippen molar-refractivity contribution < 1.29 is 17.7 Å². The van der Waals surface area contributed by atoms with E-state index in [1.165, 1.54) is 64.2 Å². The standard InChI is InChI=1S/C14H30O.H2O3S/c1-3-5-6-7-8-9-10-11-12-13-14-15-4-2;1-4(2)3/h3-14H2,1-2H3;4H,(H,1,2,3). The van der Waals surface area contributed by atoms with Crippen LogP contribution in [-0.2, 0) is 15.7 Å². The van der Waals surface area contributed by atoms with Crippen molar-refractivity contribution in [1.29, 1.82) is 0 Å². The summed E-state index contributed by atoms with van der Waals surface area (Å²) in [6.07, 6.45) is 14.0. The molecule has 0 aliphatic carbocycles. The van der Waals surface area contributed by atoms with Gasteiger partial charge in [0.1, 0.15) is 0 Å². The third-order valence-electron chi connectivity index (χ3n) is 2.85. The molecule has 0 aliphatic rings. The lowest BCUT2D eigenvalue weighted by atomic mass is 10.1. The molecule has 0 fully saturated rings. The van der Waals surface area contributed by atoms with Crippen molar-refractivity contribution in [2.75, 3.05) is 13.2 Å². The van der Waals surface area contributed by atoms with Gasteiger partial charge in [0.25, 0.3) is 11.0 Å². The average molecular weight is 296 g/mol. The highest BCUT2D eigenvalue weighted by molar-refractivity contribution is 7.66. The summed E-state index contributed by atoms with van der Waals surface area (Å²) >= 11 is 0. The zero-order valence-corrected chi connectivity index (χ0v) is 13.5. The van der Waals surface area contributed by atoms with E-state index in [2.05, 4.69) is 13.8 Å². The summed E-state index contributed by atoms with van der Waals surface area (Å²) < 4.78 is 29.5. The molecule has 0 saturated carbocycles. The molecule has 0 bridgehead atoms. The Labute approximate surface area is 120 Å². The van der Waals surface area contributed by atoms with Crippen molar-refractivity contribution in [3.63, 3.8) is 0 Å². The van der Waals surface area contributed by atoms with Crippen LogP contribution < -0.4 is 0 Å². The summed E-state index contributed by atoms with van der Waals surface area (Å²) in [6, 6.07) is 0. The van der Waals surface area contributed by atoms with Crippen LogP contribution in [0, 0.1) is 0 Å². The summed E-state index contributed by atoms with van der Waals surface area (Å²) in [7, 11) is -3.12. The van der Waals surface area contributed by atoms with E-state index in [-0.39, 0.29) is 0 Å². The molecule has 0 saturated heterocycles. The van der Waals surface area contributed by atoms with Gasteiger partial charge in [-0.1, -0.05) is 64.7 Å². The molecule has 0 aromatic carbocycles. The Balaban J connectivity index is 0. The molecular weight excluding hydrogens is 264 g/mol. The molecule has 0 unspecified atom stereocenters. The maximum Gasteiger partial charge on any atom is 0.254 e. The van der Waals surface area contributed by atoms with Gasteiger partial charge in [-0.2, -0.15) is 0 Å². The first-order chi connectivity index (χ1) is 9.15. The Morgan fingerprint density at radius 3 is 1.53 bits per heavy atom. The van der Waals surface area contributed by atoms with Crippen LogP contribution in [0.25, 0.3) is 0 Å². The Morgan fingerprint density at radius 2 is 1.16 bits per heavy atom. The predicted octanol–water partition coefficient (Wildman–Crippen LogP) is 4.01. The molecule has 5 heteroatoms. The third-order valence-corrected chi connectivity index (χ3v) is 2.85. The topological polar surface area (TPSA) is 63.6 Å². The normalized spacial score (nSPS) is 10.3. The highest BCUT2D eigenvalue weighted by Gasteiger charge is 1.92. The molecule has 0 spiro atoms. The molecular formula is C14H32O4S. The Morgan fingerprint density at radius 1 is 0.789 bits per heavy atom. The van der Waals surface area contributed by atoms with Crippen molar-refractivity contribution in [2.24, 2.45) is 0 Å². The monoisotopic (exact) mass is 296 g/mol. The second kappa shape index (κ2) is 20.2. The first-order valence-corrected chi connectivity index (χ1v) is 8.69. The van der Waals surface area contributed by atoms with Crippen LogP contribution in [0.3, 0.4) is 0 Å². The van der Waals surface area contributed by atoms with Gasteiger partial charge in [0, 0.05) is 13.2 Å². The maximum atomic E-state index is 8.59. The van der Waals surface area contributed by atoms with E-state index in [1.807, 2.05) is 0 Å². The number of hydrogen-bond donors (Lipinski definition) is 2. The minimum atomic E-state index is -3.12. The fraction of sp³-hybridized carbons (Fsp3) is 1.00. The minimum absolute atomic E-state index is 0.872. The molecule has 118 valence electrons. The number of hydrogen-bond acceptors (Lipinski definition) is 3. The summed E-state index contributed by atoms with van der Waals surface area (Å²) in [5, 5.41) is 0. The van der Waals surface area contributed by atoms with Gasteiger partial charge in [-0.05, 0) is 13.3 Å². The summed E-state index contributed by atoms with van der Waals surface area (Å²) in [4.78, 5) is 0. The SMILES string of the molecule is CCCCCCCCCCCCOCC.O=[SH](=O)O. The van der Waals surface area contributed by atoms with Gasteiger partial charge in [-0.3, -0.25) is 4.55 Å². The molecule has 0 radical (unpaired) electrons. The van der Waals surface area contributed by atoms with Crippen LogP contribution in [0.4, 0.5) is 0 Å². The first kappa shape index (κ1) is 21.2. The number of unbranched alkanes of at least 4 members (excludes halogenated alkanes) is 9. The number of ether oxygens (including phenoxy) is 1. The van der Waals surface area contributed by atoms with Crippen molar-refractivity contribution >= 4 is 11.0 Å². The molecule has 0 aromatic heterocycles. The van der Waals surface area contributed by atoms with Gasteiger partial charge in [0.15, 0.2) is 0 Å². The second-order valence-electron chi connectivity index (χ2n) is 4.62. The quantitative estimate of drug-likeness (QED) is 0.324. The molecule has 0 amide bonds. The van der Waals surface area contributed by atoms with Crippen LogP contribution in [0.2, 0.25) is 0 Å². The van der Waals surface area contributed by atoms with Crippen molar-refractivity contribution in [2.45, 2.75) is 78.1 Å². The number of thiol groups is 1. The molecule has 0 heterocycles. The second-order valence-corrected chi connectivity index (χ2v) is 5.09. The lowest BCUT2D eigenvalue weighted by Gasteiger charge is -2.02. The van der Waals surface area contributed by atoms with E-state index in [4.69, 9.17) is 17.7 Å². The van der Waals surface area contributed by atoms with E-state index >= 15 is 0 Å². The van der Waals surface area contributed by atoms with E-state index in [0.717, 1.165) is 13.2 Å². The van der Waals surface area contributed by atoms with Gasteiger partial charge in [-0.15, -0.1) is 0 Å². The van der Waals surface area contributed by atoms with Gasteiger partial charge in [0.2, 0.25) is 0 Å². The summed E-state index contributed by atoms with van der Waals surface area (Å²) in [5.41, 5.74) is 0. The summed E-state index contributed by atoms with van der Waals surface area (Å²) in [6.45, 7) is 6.18. The van der Waals surface area contributed by atoms with Crippen LogP contribution >= 0.6 is 0 Å². The van der Waals surface area contributed by atoms with Crippen molar-refractivity contribution in [1.82, 2.24) is 0 Å². The van der Waals surface area contributed by atoms with Gasteiger partial charge >= 0.3 is 0 Å². The largest absolute Gasteiger partial charge is 0.382 e. The smallest absolute Gasteiger partial charge is 0.254 e. The lowest BCUT2D eigenvalue weighted by molar-refractivity contribution is 0.143. The van der Waals surface area contributed by atoms with Gasteiger partial charge in [0.05, 0.1) is 0 Å². The third kappa shape index (κ3) is 31.9. The molecule has 0 aromatic rings. The van der Waals surface area contributed by atoms with Crippen molar-refractivity contribution in [3.8, 4) is 0 Å². The lowest BCUT2D eigenvalue weighted by Crippen LogP contribution is -1.92. The Bertz CT molecular complexity index is 197. The van der Waals surface area contributed by atoms with E-state index in [1.54, 1.807) is 0 Å². The zero-order chi connectivity index (χ0) is 14.8. The van der Waals surface area contributed by atoms with Crippen LogP contribution in [0.5, 0.6) is 0 Å². The highest BCUT2D eigenvalue weighted by atomic mass is 32.2. The van der Waals surface area contributed by atoms with Crippen molar-refractivity contribution in [3.05, 3.63) is 0 Å². The zero-order valence-electron chi connectivity index (χ0n) is 12.6. The van der Waals surface area contributed by atoms with Crippen LogP contribution in [-0.4, -0.2) is 26.2 Å². The Kier molecular flexibility index (Phi) is 22.5.